The molecule has 0 aromatic heterocycles. The summed E-state index contributed by atoms with van der Waals surface area (Å²) in [4.78, 5) is 50.4. The maximum Gasteiger partial charge on any atom is 0.414 e. The maximum atomic E-state index is 13.0. The van der Waals surface area contributed by atoms with Crippen molar-refractivity contribution >= 4 is 46.0 Å². The largest absolute Gasteiger partial charge is 1.00 e. The monoisotopic (exact) mass is 783 g/mol. The maximum absolute atomic E-state index is 13.0. The molecule has 2 atom stereocenters. The highest BCUT2D eigenvalue weighted by Crippen LogP contribution is 2.50. The third kappa shape index (κ3) is 9.08. The third-order valence-electron chi connectivity index (χ3n) is 10.7. The second-order valence-electron chi connectivity index (χ2n) is 15.6. The van der Waals surface area contributed by atoms with Crippen LogP contribution in [0, 0.1) is 39.5 Å². The topological polar surface area (TPSA) is 128 Å². The van der Waals surface area contributed by atoms with Gasteiger partial charge in [0.15, 0.2) is 0 Å². The van der Waals surface area contributed by atoms with E-state index >= 15 is 0 Å². The Morgan fingerprint density at radius 1 is 0.759 bits per heavy atom. The summed E-state index contributed by atoms with van der Waals surface area (Å²) in [5.74, 6) is 1.10. The number of hydrogen-bond donors (Lipinski definition) is 3. The van der Waals surface area contributed by atoms with Crippen LogP contribution in [0.5, 0.6) is 0 Å². The molecule has 4 aliphatic rings. The molecule has 10 nitrogen and oxygen atoms in total. The number of ether oxygens (including phenoxy) is 1. The highest BCUT2D eigenvalue weighted by atomic mass is 35.5. The second kappa shape index (κ2) is 17.2. The Kier molecular flexibility index (Phi) is 14.1. The van der Waals surface area contributed by atoms with Crippen LogP contribution in [0.25, 0.3) is 11.1 Å². The SMILES string of the molecule is CCc1cc(C)cc(C)c1C1=C(O)C(C)(C2CC2)NC1=O.CCc1cc(C)cc(C)c1C1=C(OC(=O)N(C)C)C(C)(C2CC2)NC1=O.CN(C)C(=O)Cl.[Cl-]. The van der Waals surface area contributed by atoms with Crippen molar-refractivity contribution in [3.8, 4) is 0 Å². The Hall–Kier alpha value is -4.02. The summed E-state index contributed by atoms with van der Waals surface area (Å²) in [6, 6.07) is 8.38. The van der Waals surface area contributed by atoms with Crippen molar-refractivity contribution in [2.75, 3.05) is 28.2 Å². The van der Waals surface area contributed by atoms with Gasteiger partial charge in [-0.3, -0.25) is 14.4 Å². The molecule has 0 spiro atoms. The minimum Gasteiger partial charge on any atom is -1.00 e. The first-order chi connectivity index (χ1) is 24.7. The average molecular weight is 785 g/mol. The summed E-state index contributed by atoms with van der Waals surface area (Å²) in [5, 5.41) is 16.5. The fourth-order valence-electron chi connectivity index (χ4n) is 7.53. The van der Waals surface area contributed by atoms with Gasteiger partial charge in [0.1, 0.15) is 11.5 Å². The first-order valence-corrected chi connectivity index (χ1v) is 18.9. The second-order valence-corrected chi connectivity index (χ2v) is 16.0. The Labute approximate surface area is 332 Å². The molecule has 2 aromatic carbocycles. The van der Waals surface area contributed by atoms with E-state index in [0.717, 1.165) is 71.9 Å². The Morgan fingerprint density at radius 3 is 1.54 bits per heavy atom. The van der Waals surface area contributed by atoms with Crippen LogP contribution in [0.15, 0.2) is 35.8 Å². The van der Waals surface area contributed by atoms with E-state index in [4.69, 9.17) is 16.3 Å². The van der Waals surface area contributed by atoms with Crippen LogP contribution in [0.4, 0.5) is 9.59 Å². The van der Waals surface area contributed by atoms with Gasteiger partial charge >= 0.3 is 11.5 Å². The highest BCUT2D eigenvalue weighted by Gasteiger charge is 2.54. The van der Waals surface area contributed by atoms with Gasteiger partial charge in [-0.1, -0.05) is 49.2 Å². The first kappa shape index (κ1) is 44.4. The number of carbonyl (C=O) groups excluding carboxylic acids is 4. The number of halogens is 2. The van der Waals surface area contributed by atoms with Crippen LogP contribution in [0.2, 0.25) is 0 Å². The molecular formula is C42H57Cl2N4O6-. The molecule has 6 rings (SSSR count). The fourth-order valence-corrected chi connectivity index (χ4v) is 7.53. The molecule has 2 aromatic rings. The number of rotatable bonds is 7. The summed E-state index contributed by atoms with van der Waals surface area (Å²) < 4.78 is 5.80. The lowest BCUT2D eigenvalue weighted by molar-refractivity contribution is -0.117. The van der Waals surface area contributed by atoms with Gasteiger partial charge in [-0.05, 0) is 137 Å². The molecule has 0 bridgehead atoms. The Morgan fingerprint density at radius 2 is 1.15 bits per heavy atom. The van der Waals surface area contributed by atoms with E-state index in [9.17, 15) is 24.3 Å². The van der Waals surface area contributed by atoms with Crippen LogP contribution >= 0.6 is 11.6 Å². The number of amides is 4. The molecule has 2 aliphatic heterocycles. The van der Waals surface area contributed by atoms with Crippen molar-refractivity contribution in [2.24, 2.45) is 11.8 Å². The van der Waals surface area contributed by atoms with Crippen molar-refractivity contribution in [3.63, 3.8) is 0 Å². The first-order valence-electron chi connectivity index (χ1n) is 18.5. The zero-order chi connectivity index (χ0) is 39.7. The Bertz CT molecular complexity index is 1880. The van der Waals surface area contributed by atoms with Crippen molar-refractivity contribution in [2.45, 2.75) is 105 Å². The number of hydrogen-bond acceptors (Lipinski definition) is 6. The van der Waals surface area contributed by atoms with Crippen LogP contribution in [0.1, 0.15) is 97.9 Å². The highest BCUT2D eigenvalue weighted by molar-refractivity contribution is 6.62. The van der Waals surface area contributed by atoms with E-state index in [1.165, 1.54) is 20.9 Å². The van der Waals surface area contributed by atoms with Crippen LogP contribution < -0.4 is 23.0 Å². The number of carbonyl (C=O) groups is 4. The number of nitrogens with zero attached hydrogens (tertiary/aromatic N) is 2. The number of nitrogens with one attached hydrogen (secondary N) is 2. The minimum absolute atomic E-state index is 0. The number of aliphatic hydroxyl groups excluding tert-OH is 1. The van der Waals surface area contributed by atoms with Gasteiger partial charge in [0.2, 0.25) is 0 Å². The van der Waals surface area contributed by atoms with E-state index < -0.39 is 22.5 Å². The van der Waals surface area contributed by atoms with Crippen molar-refractivity contribution in [1.29, 1.82) is 0 Å². The molecule has 2 fully saturated rings. The molecule has 54 heavy (non-hydrogen) atoms. The molecule has 0 radical (unpaired) electrons. The number of aryl methyl sites for hydroxylation is 6. The summed E-state index contributed by atoms with van der Waals surface area (Å²) in [5.41, 5.74) is 8.31. The summed E-state index contributed by atoms with van der Waals surface area (Å²) in [7, 11) is 6.48. The van der Waals surface area contributed by atoms with Crippen LogP contribution in [-0.4, -0.2) is 77.4 Å². The van der Waals surface area contributed by atoms with Crippen molar-refractivity contribution < 1.29 is 41.4 Å². The van der Waals surface area contributed by atoms with Gasteiger partial charge < -0.3 is 42.7 Å². The lowest BCUT2D eigenvalue weighted by Gasteiger charge is -2.28. The predicted octanol–water partition coefficient (Wildman–Crippen LogP) is 4.92. The van der Waals surface area contributed by atoms with E-state index in [2.05, 4.69) is 62.6 Å². The summed E-state index contributed by atoms with van der Waals surface area (Å²) >= 11 is 4.90. The van der Waals surface area contributed by atoms with Gasteiger partial charge in [0, 0.05) is 28.2 Å². The summed E-state index contributed by atoms with van der Waals surface area (Å²) in [6.45, 7) is 16.2. The zero-order valence-corrected chi connectivity index (χ0v) is 35.4. The number of benzene rings is 2. The van der Waals surface area contributed by atoms with Gasteiger partial charge in [-0.25, -0.2) is 4.79 Å². The molecule has 2 heterocycles. The van der Waals surface area contributed by atoms with Gasteiger partial charge in [0.25, 0.3) is 11.8 Å². The van der Waals surface area contributed by atoms with E-state index in [1.54, 1.807) is 28.2 Å². The fraction of sp³-hybridized carbons (Fsp3) is 0.524. The molecule has 2 saturated carbocycles. The van der Waals surface area contributed by atoms with Crippen LogP contribution in [-0.2, 0) is 27.2 Å². The summed E-state index contributed by atoms with van der Waals surface area (Å²) in [6.07, 6.45) is 5.40. The smallest absolute Gasteiger partial charge is 0.414 e. The molecule has 12 heteroatoms. The van der Waals surface area contributed by atoms with Crippen molar-refractivity contribution in [1.82, 2.24) is 20.4 Å². The lowest BCUT2D eigenvalue weighted by Crippen LogP contribution is -3.00. The minimum atomic E-state index is -0.625. The molecule has 2 aliphatic carbocycles. The Balaban J connectivity index is 0.000000252. The quantitative estimate of drug-likeness (QED) is 0.271. The zero-order valence-electron chi connectivity index (χ0n) is 33.8. The van der Waals surface area contributed by atoms with Gasteiger partial charge in [0.05, 0.1) is 22.2 Å². The van der Waals surface area contributed by atoms with Crippen molar-refractivity contribution in [3.05, 3.63) is 80.3 Å². The normalized spacial score (nSPS) is 21.6. The standard InChI is InChI=1S/C21H28N2O3.C18H23NO2.C3H6ClNO.ClH/c1-7-14-11-12(2)10-13(3)16(14)17-18(26-20(25)23(5)6)21(4,15-8-9-15)22-19(17)24;1-5-12-9-10(2)8-11(3)14(12)15-16(20)18(4,13-6-7-13)19-17(15)21;1-5(2)3(4)6;/h10-11,15H,7-9H2,1-6H3,(H,22,24);8-9,13,20H,5-7H2,1-4H3,(H,19,21);1-2H3;1H/p-1. The third-order valence-corrected chi connectivity index (χ3v) is 11.0. The van der Waals surface area contributed by atoms with E-state index in [-0.39, 0.29) is 30.0 Å². The predicted molar refractivity (Wildman–Crippen MR) is 211 cm³/mol. The molecular weight excluding hydrogens is 727 g/mol. The molecule has 0 saturated heterocycles. The van der Waals surface area contributed by atoms with Gasteiger partial charge in [-0.15, -0.1) is 0 Å². The molecule has 3 N–H and O–H groups in total. The van der Waals surface area contributed by atoms with Gasteiger partial charge in [-0.2, -0.15) is 0 Å². The van der Waals surface area contributed by atoms with E-state index in [1.807, 2.05) is 27.7 Å². The molecule has 2 unspecified atom stereocenters. The molecule has 296 valence electrons. The molecule has 4 amide bonds. The lowest BCUT2D eigenvalue weighted by atomic mass is 9.88. The van der Waals surface area contributed by atoms with E-state index in [0.29, 0.717) is 28.7 Å². The average Bonchev–Trinajstić information content (AvgIpc) is 3.99. The number of aliphatic hydroxyl groups is 1. The van der Waals surface area contributed by atoms with Crippen LogP contribution in [0.3, 0.4) is 0 Å².